The third-order valence-corrected chi connectivity index (χ3v) is 3.53. The highest BCUT2D eigenvalue weighted by Crippen LogP contribution is 2.33. The highest BCUT2D eigenvalue weighted by molar-refractivity contribution is 9.10. The molecule has 4 heteroatoms. The van der Waals surface area contributed by atoms with E-state index >= 15 is 0 Å². The van der Waals surface area contributed by atoms with Crippen molar-refractivity contribution in [2.45, 2.75) is 26.3 Å². The minimum Gasteiger partial charge on any atom is -0.264 e. The van der Waals surface area contributed by atoms with Crippen LogP contribution < -0.4 is 0 Å². The number of hydrogen-bond acceptors (Lipinski definition) is 1. The topological polar surface area (TPSA) is 17.8 Å². The van der Waals surface area contributed by atoms with Gasteiger partial charge in [-0.2, -0.15) is 5.10 Å². The Bertz CT molecular complexity index is 558. The Morgan fingerprint density at radius 3 is 2.94 bits per heavy atom. The Kier molecular flexibility index (Phi) is 2.28. The third-order valence-electron chi connectivity index (χ3n) is 3.07. The molecule has 0 unspecified atom stereocenters. The minimum atomic E-state index is -0.191. The average molecular weight is 283 g/mol. The molecule has 2 aromatic rings. The molecule has 1 saturated carbocycles. The normalized spacial score (nSPS) is 15.9. The van der Waals surface area contributed by atoms with Crippen molar-refractivity contribution >= 4 is 26.8 Å². The molecule has 1 fully saturated rings. The van der Waals surface area contributed by atoms with Crippen LogP contribution in [0.4, 0.5) is 4.39 Å². The lowest BCUT2D eigenvalue weighted by atomic mass is 10.2. The van der Waals surface area contributed by atoms with Crippen molar-refractivity contribution in [3.8, 4) is 0 Å². The van der Waals surface area contributed by atoms with Gasteiger partial charge in [-0.3, -0.25) is 4.68 Å². The van der Waals surface area contributed by atoms with Crippen molar-refractivity contribution < 1.29 is 4.39 Å². The SMILES string of the molecule is Cc1nn(CC2CC2)c2cc(Br)cc(F)c12. The molecule has 0 aliphatic heterocycles. The van der Waals surface area contributed by atoms with Crippen LogP contribution in [-0.2, 0) is 6.54 Å². The van der Waals surface area contributed by atoms with Crippen molar-refractivity contribution in [2.75, 3.05) is 0 Å². The Hall–Kier alpha value is -0.900. The van der Waals surface area contributed by atoms with Crippen LogP contribution in [0, 0.1) is 18.7 Å². The van der Waals surface area contributed by atoms with Gasteiger partial charge < -0.3 is 0 Å². The quantitative estimate of drug-likeness (QED) is 0.822. The molecule has 0 bridgehead atoms. The molecule has 0 atom stereocenters. The van der Waals surface area contributed by atoms with Gasteiger partial charge in [-0.05, 0) is 37.8 Å². The van der Waals surface area contributed by atoms with Crippen LogP contribution in [0.15, 0.2) is 16.6 Å². The van der Waals surface area contributed by atoms with Gasteiger partial charge >= 0.3 is 0 Å². The van der Waals surface area contributed by atoms with Crippen molar-refractivity contribution in [3.63, 3.8) is 0 Å². The molecule has 0 radical (unpaired) electrons. The first-order valence-corrected chi connectivity index (χ1v) is 6.26. The summed E-state index contributed by atoms with van der Waals surface area (Å²) in [6, 6.07) is 3.44. The standard InChI is InChI=1S/C12H12BrFN2/c1-7-12-10(14)4-9(13)5-11(12)16(15-7)6-8-2-3-8/h4-5,8H,2-3,6H2,1H3. The molecule has 3 rings (SSSR count). The van der Waals surface area contributed by atoms with Crippen LogP contribution in [0.2, 0.25) is 0 Å². The summed E-state index contributed by atoms with van der Waals surface area (Å²) < 4.78 is 16.5. The zero-order valence-corrected chi connectivity index (χ0v) is 10.6. The predicted octanol–water partition coefficient (Wildman–Crippen LogP) is 3.66. The smallest absolute Gasteiger partial charge is 0.135 e. The van der Waals surface area contributed by atoms with Crippen molar-refractivity contribution in [1.29, 1.82) is 0 Å². The summed E-state index contributed by atoms with van der Waals surface area (Å²) in [6.45, 7) is 2.78. The summed E-state index contributed by atoms with van der Waals surface area (Å²) in [5.74, 6) is 0.550. The van der Waals surface area contributed by atoms with Crippen molar-refractivity contribution in [1.82, 2.24) is 9.78 Å². The summed E-state index contributed by atoms with van der Waals surface area (Å²) in [5.41, 5.74) is 1.68. The van der Waals surface area contributed by atoms with Crippen molar-refractivity contribution in [3.05, 3.63) is 28.1 Å². The Morgan fingerprint density at radius 1 is 1.50 bits per heavy atom. The Morgan fingerprint density at radius 2 is 2.25 bits per heavy atom. The molecule has 1 aromatic carbocycles. The number of fused-ring (bicyclic) bond motifs is 1. The van der Waals surface area contributed by atoms with Gasteiger partial charge in [0, 0.05) is 11.0 Å². The molecule has 84 valence electrons. The number of halogens is 2. The van der Waals surface area contributed by atoms with E-state index in [4.69, 9.17) is 0 Å². The van der Waals surface area contributed by atoms with Gasteiger partial charge in [-0.1, -0.05) is 15.9 Å². The van der Waals surface area contributed by atoms with Crippen LogP contribution in [0.1, 0.15) is 18.5 Å². The van der Waals surface area contributed by atoms with E-state index in [1.54, 1.807) is 0 Å². The van der Waals surface area contributed by atoms with Crippen LogP contribution in [-0.4, -0.2) is 9.78 Å². The van der Waals surface area contributed by atoms with E-state index < -0.39 is 0 Å². The molecule has 1 aliphatic carbocycles. The van der Waals surface area contributed by atoms with Gasteiger partial charge in [0.25, 0.3) is 0 Å². The second-order valence-corrected chi connectivity index (χ2v) is 5.41. The number of benzene rings is 1. The fourth-order valence-electron chi connectivity index (χ4n) is 2.09. The Balaban J connectivity index is 2.20. The van der Waals surface area contributed by atoms with Gasteiger partial charge in [0.1, 0.15) is 5.82 Å². The largest absolute Gasteiger partial charge is 0.264 e. The lowest BCUT2D eigenvalue weighted by Gasteiger charge is -2.02. The molecule has 0 spiro atoms. The molecule has 0 amide bonds. The second-order valence-electron chi connectivity index (χ2n) is 4.49. The number of aryl methyl sites for hydroxylation is 1. The number of nitrogens with zero attached hydrogens (tertiary/aromatic N) is 2. The maximum Gasteiger partial charge on any atom is 0.135 e. The first kappa shape index (κ1) is 10.3. The fraction of sp³-hybridized carbons (Fsp3) is 0.417. The highest BCUT2D eigenvalue weighted by atomic mass is 79.9. The van der Waals surface area contributed by atoms with E-state index in [0.29, 0.717) is 5.39 Å². The zero-order chi connectivity index (χ0) is 11.3. The molecular weight excluding hydrogens is 271 g/mol. The molecule has 16 heavy (non-hydrogen) atoms. The number of aromatic nitrogens is 2. The van der Waals surface area contributed by atoms with E-state index in [9.17, 15) is 4.39 Å². The number of rotatable bonds is 2. The zero-order valence-electron chi connectivity index (χ0n) is 9.00. The summed E-state index contributed by atoms with van der Waals surface area (Å²) in [6.07, 6.45) is 2.55. The average Bonchev–Trinajstić information content (AvgIpc) is 2.93. The van der Waals surface area contributed by atoms with E-state index in [1.807, 2.05) is 17.7 Å². The maximum atomic E-state index is 13.8. The van der Waals surface area contributed by atoms with Gasteiger partial charge in [0.15, 0.2) is 0 Å². The molecule has 0 N–H and O–H groups in total. The van der Waals surface area contributed by atoms with Gasteiger partial charge in [0.05, 0.1) is 16.6 Å². The van der Waals surface area contributed by atoms with E-state index in [-0.39, 0.29) is 5.82 Å². The summed E-state index contributed by atoms with van der Waals surface area (Å²) in [7, 11) is 0. The fourth-order valence-corrected chi connectivity index (χ4v) is 2.51. The van der Waals surface area contributed by atoms with E-state index in [2.05, 4.69) is 21.0 Å². The van der Waals surface area contributed by atoms with Crippen LogP contribution in [0.3, 0.4) is 0 Å². The van der Waals surface area contributed by atoms with E-state index in [0.717, 1.165) is 28.1 Å². The molecule has 2 nitrogen and oxygen atoms in total. The molecule has 1 heterocycles. The molecule has 1 aromatic heterocycles. The highest BCUT2D eigenvalue weighted by Gasteiger charge is 2.24. The second kappa shape index (κ2) is 3.55. The first-order valence-electron chi connectivity index (χ1n) is 5.47. The van der Waals surface area contributed by atoms with Gasteiger partial charge in [-0.15, -0.1) is 0 Å². The molecule has 1 aliphatic rings. The van der Waals surface area contributed by atoms with Crippen LogP contribution >= 0.6 is 15.9 Å². The monoisotopic (exact) mass is 282 g/mol. The summed E-state index contributed by atoms with van der Waals surface area (Å²) in [5, 5.41) is 5.08. The van der Waals surface area contributed by atoms with Gasteiger partial charge in [0.2, 0.25) is 0 Å². The maximum absolute atomic E-state index is 13.8. The lowest BCUT2D eigenvalue weighted by Crippen LogP contribution is -2.01. The summed E-state index contributed by atoms with van der Waals surface area (Å²) >= 11 is 3.33. The van der Waals surface area contributed by atoms with E-state index in [1.165, 1.54) is 18.9 Å². The lowest BCUT2D eigenvalue weighted by molar-refractivity contribution is 0.576. The molecular formula is C12H12BrFN2. The first-order chi connectivity index (χ1) is 7.65. The van der Waals surface area contributed by atoms with Crippen molar-refractivity contribution in [2.24, 2.45) is 5.92 Å². The Labute approximate surface area is 102 Å². The summed E-state index contributed by atoms with van der Waals surface area (Å²) in [4.78, 5) is 0. The van der Waals surface area contributed by atoms with Crippen LogP contribution in [0.5, 0.6) is 0 Å². The number of hydrogen-bond donors (Lipinski definition) is 0. The van der Waals surface area contributed by atoms with Gasteiger partial charge in [-0.25, -0.2) is 4.39 Å². The van der Waals surface area contributed by atoms with Crippen LogP contribution in [0.25, 0.3) is 10.9 Å². The third kappa shape index (κ3) is 1.65. The predicted molar refractivity (Wildman–Crippen MR) is 64.9 cm³/mol. The molecule has 0 saturated heterocycles. The minimum absolute atomic E-state index is 0.191.